The smallest absolute Gasteiger partial charge is 0.273 e. The molecule has 0 radical (unpaired) electrons. The van der Waals surface area contributed by atoms with E-state index in [9.17, 15) is 4.79 Å². The van der Waals surface area contributed by atoms with E-state index in [2.05, 4.69) is 19.9 Å². The summed E-state index contributed by atoms with van der Waals surface area (Å²) in [6, 6.07) is 7.41. The van der Waals surface area contributed by atoms with Crippen molar-refractivity contribution in [3.63, 3.8) is 0 Å². The van der Waals surface area contributed by atoms with Gasteiger partial charge in [0.1, 0.15) is 17.8 Å². The maximum atomic E-state index is 11.9. The lowest BCUT2D eigenvalue weighted by molar-refractivity contribution is 0.0939. The van der Waals surface area contributed by atoms with Crippen LogP contribution in [0.4, 0.5) is 5.69 Å². The number of rotatable bonds is 6. The Labute approximate surface area is 140 Å². The monoisotopic (exact) mass is 331 g/mol. The number of carbonyl (C=O) groups is 1. The molecule has 1 fully saturated rings. The molecule has 7 nitrogen and oxygen atoms in total. The zero-order valence-electron chi connectivity index (χ0n) is 13.8. The maximum absolute atomic E-state index is 11.9. The second kappa shape index (κ2) is 7.25. The molecule has 2 aromatic rings. The third-order valence-corrected chi connectivity index (χ3v) is 4.21. The Balaban J connectivity index is 1.58. The molecule has 1 aromatic heterocycles. The molecule has 7 heteroatoms. The molecule has 1 atom stereocenters. The van der Waals surface area contributed by atoms with Crippen LogP contribution in [0.1, 0.15) is 16.9 Å². The Hall–Kier alpha value is -2.70. The van der Waals surface area contributed by atoms with Crippen molar-refractivity contribution in [2.45, 2.75) is 6.42 Å². The zero-order valence-corrected chi connectivity index (χ0v) is 13.8. The van der Waals surface area contributed by atoms with Crippen LogP contribution in [0.5, 0.6) is 11.5 Å². The van der Waals surface area contributed by atoms with Gasteiger partial charge in [-0.1, -0.05) is 5.16 Å². The minimum atomic E-state index is -0.203. The van der Waals surface area contributed by atoms with Crippen molar-refractivity contribution in [3.05, 3.63) is 36.2 Å². The van der Waals surface area contributed by atoms with Gasteiger partial charge in [0.05, 0.1) is 14.2 Å². The van der Waals surface area contributed by atoms with Gasteiger partial charge in [0, 0.05) is 49.6 Å². The van der Waals surface area contributed by atoms with Crippen LogP contribution < -0.4 is 19.7 Å². The summed E-state index contributed by atoms with van der Waals surface area (Å²) in [5.74, 6) is 1.72. The van der Waals surface area contributed by atoms with Crippen LogP contribution in [0.25, 0.3) is 0 Å². The number of benzene rings is 1. The van der Waals surface area contributed by atoms with Crippen LogP contribution in [-0.2, 0) is 0 Å². The summed E-state index contributed by atoms with van der Waals surface area (Å²) in [7, 11) is 3.29. The Morgan fingerprint density at radius 1 is 1.33 bits per heavy atom. The van der Waals surface area contributed by atoms with E-state index in [4.69, 9.17) is 9.47 Å². The molecule has 1 N–H and O–H groups in total. The van der Waals surface area contributed by atoms with E-state index < -0.39 is 0 Å². The van der Waals surface area contributed by atoms with Crippen molar-refractivity contribution in [2.24, 2.45) is 5.92 Å². The van der Waals surface area contributed by atoms with E-state index in [1.807, 2.05) is 18.2 Å². The highest BCUT2D eigenvalue weighted by Gasteiger charge is 2.24. The van der Waals surface area contributed by atoms with Crippen molar-refractivity contribution in [2.75, 3.05) is 38.8 Å². The van der Waals surface area contributed by atoms with Crippen LogP contribution in [-0.4, -0.2) is 44.9 Å². The lowest BCUT2D eigenvalue weighted by atomic mass is 10.1. The molecule has 1 aromatic carbocycles. The summed E-state index contributed by atoms with van der Waals surface area (Å²) in [5, 5.41) is 6.54. The highest BCUT2D eigenvalue weighted by Crippen LogP contribution is 2.31. The van der Waals surface area contributed by atoms with Gasteiger partial charge in [-0.2, -0.15) is 0 Å². The Kier molecular flexibility index (Phi) is 4.88. The first-order valence-corrected chi connectivity index (χ1v) is 7.86. The third kappa shape index (κ3) is 3.61. The van der Waals surface area contributed by atoms with Crippen LogP contribution >= 0.6 is 0 Å². The number of amides is 1. The normalized spacial score (nSPS) is 16.9. The summed E-state index contributed by atoms with van der Waals surface area (Å²) < 4.78 is 15.3. The number of nitrogens with zero attached hydrogens (tertiary/aromatic N) is 2. The fourth-order valence-corrected chi connectivity index (χ4v) is 2.87. The highest BCUT2D eigenvalue weighted by atomic mass is 16.5. The zero-order chi connectivity index (χ0) is 16.9. The van der Waals surface area contributed by atoms with Crippen molar-refractivity contribution < 1.29 is 18.8 Å². The topological polar surface area (TPSA) is 76.8 Å². The van der Waals surface area contributed by atoms with Gasteiger partial charge in [-0.3, -0.25) is 4.79 Å². The summed E-state index contributed by atoms with van der Waals surface area (Å²) in [5.41, 5.74) is 1.37. The minimum Gasteiger partial charge on any atom is -0.497 e. The summed E-state index contributed by atoms with van der Waals surface area (Å²) in [6.45, 7) is 2.42. The van der Waals surface area contributed by atoms with Gasteiger partial charge in [0.2, 0.25) is 0 Å². The van der Waals surface area contributed by atoms with E-state index >= 15 is 0 Å². The number of nitrogens with one attached hydrogen (secondary N) is 1. The van der Waals surface area contributed by atoms with Gasteiger partial charge in [-0.25, -0.2) is 0 Å². The van der Waals surface area contributed by atoms with Crippen molar-refractivity contribution in [1.29, 1.82) is 0 Å². The molecule has 0 spiro atoms. The molecule has 1 saturated heterocycles. The molecule has 1 amide bonds. The van der Waals surface area contributed by atoms with Crippen molar-refractivity contribution >= 4 is 11.6 Å². The number of carbonyl (C=O) groups excluding carboxylic acids is 1. The molecule has 2 heterocycles. The predicted molar refractivity (Wildman–Crippen MR) is 88.7 cm³/mol. The largest absolute Gasteiger partial charge is 0.497 e. The fraction of sp³-hybridized carbons (Fsp3) is 0.412. The van der Waals surface area contributed by atoms with Gasteiger partial charge < -0.3 is 24.2 Å². The van der Waals surface area contributed by atoms with Crippen LogP contribution in [0.15, 0.2) is 35.1 Å². The second-order valence-corrected chi connectivity index (χ2v) is 5.77. The number of hydrogen-bond donors (Lipinski definition) is 1. The highest BCUT2D eigenvalue weighted by molar-refractivity contribution is 5.91. The van der Waals surface area contributed by atoms with Gasteiger partial charge in [-0.15, -0.1) is 0 Å². The van der Waals surface area contributed by atoms with Crippen LogP contribution in [0, 0.1) is 5.92 Å². The average molecular weight is 331 g/mol. The lowest BCUT2D eigenvalue weighted by Gasteiger charge is -2.20. The molecule has 24 heavy (non-hydrogen) atoms. The van der Waals surface area contributed by atoms with Crippen molar-refractivity contribution in [1.82, 2.24) is 10.5 Å². The van der Waals surface area contributed by atoms with Gasteiger partial charge in [0.25, 0.3) is 5.91 Å². The maximum Gasteiger partial charge on any atom is 0.273 e. The summed E-state index contributed by atoms with van der Waals surface area (Å²) >= 11 is 0. The molecule has 1 aliphatic heterocycles. The summed E-state index contributed by atoms with van der Waals surface area (Å²) in [6.07, 6.45) is 2.40. The van der Waals surface area contributed by atoms with E-state index in [0.29, 0.717) is 18.2 Å². The number of anilines is 1. The average Bonchev–Trinajstić information content (AvgIpc) is 3.30. The molecule has 0 saturated carbocycles. The molecular weight excluding hydrogens is 310 g/mol. The van der Waals surface area contributed by atoms with Gasteiger partial charge >= 0.3 is 0 Å². The minimum absolute atomic E-state index is 0.203. The number of methoxy groups -OCH3 is 2. The summed E-state index contributed by atoms with van der Waals surface area (Å²) in [4.78, 5) is 14.2. The Bertz CT molecular complexity index is 665. The lowest BCUT2D eigenvalue weighted by Crippen LogP contribution is -2.31. The fourth-order valence-electron chi connectivity index (χ4n) is 2.87. The van der Waals surface area contributed by atoms with E-state index in [0.717, 1.165) is 36.7 Å². The SMILES string of the molecule is COc1cc(OC)cc(N2CCC(CNC(=O)c3ccon3)C2)c1. The quantitative estimate of drug-likeness (QED) is 0.872. The molecule has 3 rings (SSSR count). The molecular formula is C17H21N3O4. The van der Waals surface area contributed by atoms with E-state index in [1.54, 1.807) is 20.3 Å². The Morgan fingerprint density at radius 3 is 2.71 bits per heavy atom. The standard InChI is InChI=1S/C17H21N3O4/c1-22-14-7-13(8-15(9-14)23-2)20-5-3-12(11-20)10-18-17(21)16-4-6-24-19-16/h4,6-9,12H,3,5,10-11H2,1-2H3,(H,18,21). The molecule has 1 unspecified atom stereocenters. The first-order chi connectivity index (χ1) is 11.7. The van der Waals surface area contributed by atoms with Gasteiger partial charge in [0.15, 0.2) is 5.69 Å². The Morgan fingerprint density at radius 2 is 2.08 bits per heavy atom. The molecule has 0 aliphatic carbocycles. The molecule has 0 bridgehead atoms. The first kappa shape index (κ1) is 16.2. The van der Waals surface area contributed by atoms with Crippen molar-refractivity contribution in [3.8, 4) is 11.5 Å². The third-order valence-electron chi connectivity index (χ3n) is 4.21. The number of ether oxygens (including phenoxy) is 2. The second-order valence-electron chi connectivity index (χ2n) is 5.77. The van der Waals surface area contributed by atoms with Gasteiger partial charge in [-0.05, 0) is 12.3 Å². The van der Waals surface area contributed by atoms with Crippen LogP contribution in [0.2, 0.25) is 0 Å². The number of hydrogen-bond acceptors (Lipinski definition) is 6. The van der Waals surface area contributed by atoms with Crippen LogP contribution in [0.3, 0.4) is 0 Å². The molecule has 1 aliphatic rings. The molecule has 128 valence electrons. The predicted octanol–water partition coefficient (Wildman–Crippen LogP) is 1.95. The first-order valence-electron chi connectivity index (χ1n) is 7.86. The van der Waals surface area contributed by atoms with E-state index in [1.165, 1.54) is 6.26 Å². The van der Waals surface area contributed by atoms with E-state index in [-0.39, 0.29) is 5.91 Å². The number of aromatic nitrogens is 1.